The van der Waals surface area contributed by atoms with Gasteiger partial charge in [-0.2, -0.15) is 0 Å². The molecular formula is C13H24N2O3. The van der Waals surface area contributed by atoms with Crippen LogP contribution in [0.25, 0.3) is 0 Å². The van der Waals surface area contributed by atoms with E-state index in [9.17, 15) is 9.90 Å². The van der Waals surface area contributed by atoms with Gasteiger partial charge in [-0.15, -0.1) is 0 Å². The van der Waals surface area contributed by atoms with Crippen LogP contribution in [0.3, 0.4) is 0 Å². The molecule has 0 saturated carbocycles. The molecule has 0 aromatic heterocycles. The maximum Gasteiger partial charge on any atom is 0.237 e. The Morgan fingerprint density at radius 1 is 1.56 bits per heavy atom. The van der Waals surface area contributed by atoms with E-state index in [0.29, 0.717) is 18.9 Å². The van der Waals surface area contributed by atoms with Crippen LogP contribution in [0.4, 0.5) is 0 Å². The standard InChI is InChI=1S/C13H24N2O3/c1-9-3-5-14-11(7-9)12(16)15-8-13(17)4-6-18-10(13)2/h9-11,14,17H,3-8H2,1-2H3,(H,15,16). The molecule has 0 bridgehead atoms. The number of hydrogen-bond acceptors (Lipinski definition) is 4. The maximum atomic E-state index is 12.0. The Hall–Kier alpha value is -0.650. The molecule has 2 aliphatic rings. The van der Waals surface area contributed by atoms with Crippen molar-refractivity contribution in [2.75, 3.05) is 19.7 Å². The van der Waals surface area contributed by atoms with Gasteiger partial charge in [0, 0.05) is 19.6 Å². The van der Waals surface area contributed by atoms with Crippen LogP contribution in [0, 0.1) is 5.92 Å². The molecule has 0 aromatic rings. The van der Waals surface area contributed by atoms with Crippen molar-refractivity contribution in [1.29, 1.82) is 0 Å². The van der Waals surface area contributed by atoms with E-state index in [1.54, 1.807) is 0 Å². The van der Waals surface area contributed by atoms with E-state index in [4.69, 9.17) is 4.74 Å². The van der Waals surface area contributed by atoms with E-state index in [0.717, 1.165) is 19.4 Å². The molecule has 2 rings (SSSR count). The lowest BCUT2D eigenvalue weighted by atomic mass is 9.93. The minimum absolute atomic E-state index is 0.00549. The molecular weight excluding hydrogens is 232 g/mol. The van der Waals surface area contributed by atoms with Gasteiger partial charge in [0.05, 0.1) is 12.1 Å². The third-order valence-electron chi connectivity index (χ3n) is 4.21. The third kappa shape index (κ3) is 3.02. The Kier molecular flexibility index (Phi) is 4.25. The van der Waals surface area contributed by atoms with Gasteiger partial charge in [0.25, 0.3) is 0 Å². The van der Waals surface area contributed by atoms with Crippen LogP contribution >= 0.6 is 0 Å². The molecule has 2 aliphatic heterocycles. The number of carbonyl (C=O) groups excluding carboxylic acids is 1. The largest absolute Gasteiger partial charge is 0.385 e. The Morgan fingerprint density at radius 2 is 2.33 bits per heavy atom. The summed E-state index contributed by atoms with van der Waals surface area (Å²) >= 11 is 0. The van der Waals surface area contributed by atoms with E-state index in [1.165, 1.54) is 0 Å². The highest BCUT2D eigenvalue weighted by atomic mass is 16.5. The van der Waals surface area contributed by atoms with E-state index < -0.39 is 5.60 Å². The fraction of sp³-hybridized carbons (Fsp3) is 0.923. The van der Waals surface area contributed by atoms with Crippen LogP contribution in [0.1, 0.15) is 33.1 Å². The zero-order valence-corrected chi connectivity index (χ0v) is 11.2. The minimum Gasteiger partial charge on any atom is -0.385 e. The molecule has 0 aromatic carbocycles. The molecule has 4 atom stereocenters. The average Bonchev–Trinajstić information content (AvgIpc) is 2.67. The van der Waals surface area contributed by atoms with E-state index in [1.807, 2.05) is 6.92 Å². The number of amides is 1. The highest BCUT2D eigenvalue weighted by Crippen LogP contribution is 2.24. The molecule has 0 spiro atoms. The molecule has 104 valence electrons. The number of nitrogens with one attached hydrogen (secondary N) is 2. The van der Waals surface area contributed by atoms with Crippen molar-refractivity contribution in [2.45, 2.75) is 50.9 Å². The number of carbonyl (C=O) groups is 1. The molecule has 2 fully saturated rings. The van der Waals surface area contributed by atoms with Gasteiger partial charge in [-0.3, -0.25) is 4.79 Å². The zero-order chi connectivity index (χ0) is 13.2. The first kappa shape index (κ1) is 13.8. The van der Waals surface area contributed by atoms with Crippen LogP contribution in [0.2, 0.25) is 0 Å². The lowest BCUT2D eigenvalue weighted by Gasteiger charge is -2.30. The van der Waals surface area contributed by atoms with Gasteiger partial charge in [0.1, 0.15) is 5.60 Å². The summed E-state index contributed by atoms with van der Waals surface area (Å²) in [5.74, 6) is 0.577. The van der Waals surface area contributed by atoms with Gasteiger partial charge in [0.15, 0.2) is 0 Å². The number of aliphatic hydroxyl groups is 1. The van der Waals surface area contributed by atoms with Gasteiger partial charge >= 0.3 is 0 Å². The summed E-state index contributed by atoms with van der Waals surface area (Å²) in [7, 11) is 0. The number of rotatable bonds is 3. The summed E-state index contributed by atoms with van der Waals surface area (Å²) in [4.78, 5) is 12.0. The normalized spacial score (nSPS) is 40.7. The first-order valence-corrected chi connectivity index (χ1v) is 6.86. The second kappa shape index (κ2) is 5.55. The van der Waals surface area contributed by atoms with Crippen molar-refractivity contribution in [1.82, 2.24) is 10.6 Å². The molecule has 18 heavy (non-hydrogen) atoms. The number of hydrogen-bond donors (Lipinski definition) is 3. The summed E-state index contributed by atoms with van der Waals surface area (Å²) in [5.41, 5.74) is -0.907. The summed E-state index contributed by atoms with van der Waals surface area (Å²) in [6.07, 6.45) is 2.37. The van der Waals surface area contributed by atoms with Crippen molar-refractivity contribution < 1.29 is 14.6 Å². The lowest BCUT2D eigenvalue weighted by molar-refractivity contribution is -0.125. The molecule has 5 nitrogen and oxygen atoms in total. The fourth-order valence-electron chi connectivity index (χ4n) is 2.67. The fourth-order valence-corrected chi connectivity index (χ4v) is 2.67. The van der Waals surface area contributed by atoms with E-state index in [2.05, 4.69) is 17.6 Å². The zero-order valence-electron chi connectivity index (χ0n) is 11.2. The van der Waals surface area contributed by atoms with Gasteiger partial charge in [-0.05, 0) is 32.2 Å². The quantitative estimate of drug-likeness (QED) is 0.666. The lowest BCUT2D eigenvalue weighted by Crippen LogP contribution is -2.53. The Balaban J connectivity index is 1.81. The summed E-state index contributed by atoms with van der Waals surface area (Å²) < 4.78 is 5.35. The third-order valence-corrected chi connectivity index (χ3v) is 4.21. The average molecular weight is 256 g/mol. The predicted octanol–water partition coefficient (Wildman–Crippen LogP) is 0.0306. The maximum absolute atomic E-state index is 12.0. The Labute approximate surface area is 108 Å². The second-order valence-corrected chi connectivity index (χ2v) is 5.72. The van der Waals surface area contributed by atoms with Crippen molar-refractivity contribution >= 4 is 5.91 Å². The molecule has 2 saturated heterocycles. The van der Waals surface area contributed by atoms with Crippen molar-refractivity contribution in [3.05, 3.63) is 0 Å². The summed E-state index contributed by atoms with van der Waals surface area (Å²) in [5, 5.41) is 16.4. The summed E-state index contributed by atoms with van der Waals surface area (Å²) in [6.45, 7) is 5.75. The van der Waals surface area contributed by atoms with Crippen LogP contribution in [0.5, 0.6) is 0 Å². The molecule has 3 N–H and O–H groups in total. The SMILES string of the molecule is CC1CCNC(C(=O)NCC2(O)CCOC2C)C1. The Morgan fingerprint density at radius 3 is 2.94 bits per heavy atom. The second-order valence-electron chi connectivity index (χ2n) is 5.72. The molecule has 5 heteroatoms. The van der Waals surface area contributed by atoms with Crippen LogP contribution < -0.4 is 10.6 Å². The van der Waals surface area contributed by atoms with Gasteiger partial charge in [-0.1, -0.05) is 6.92 Å². The van der Waals surface area contributed by atoms with Crippen molar-refractivity contribution in [2.24, 2.45) is 5.92 Å². The topological polar surface area (TPSA) is 70.6 Å². The predicted molar refractivity (Wildman–Crippen MR) is 68.2 cm³/mol. The molecule has 1 amide bonds. The van der Waals surface area contributed by atoms with E-state index in [-0.39, 0.29) is 24.6 Å². The first-order chi connectivity index (χ1) is 8.51. The molecule has 4 unspecified atom stereocenters. The minimum atomic E-state index is -0.907. The number of ether oxygens (including phenoxy) is 1. The molecule has 2 heterocycles. The van der Waals surface area contributed by atoms with Gasteiger partial charge < -0.3 is 20.5 Å². The monoisotopic (exact) mass is 256 g/mol. The Bertz CT molecular complexity index is 311. The molecule has 0 radical (unpaired) electrons. The van der Waals surface area contributed by atoms with Crippen LogP contribution in [0.15, 0.2) is 0 Å². The van der Waals surface area contributed by atoms with Gasteiger partial charge in [0.2, 0.25) is 5.91 Å². The smallest absolute Gasteiger partial charge is 0.237 e. The molecule has 0 aliphatic carbocycles. The highest BCUT2D eigenvalue weighted by Gasteiger charge is 2.40. The van der Waals surface area contributed by atoms with Gasteiger partial charge in [-0.25, -0.2) is 0 Å². The van der Waals surface area contributed by atoms with Crippen molar-refractivity contribution in [3.8, 4) is 0 Å². The van der Waals surface area contributed by atoms with Crippen LogP contribution in [-0.2, 0) is 9.53 Å². The van der Waals surface area contributed by atoms with Crippen molar-refractivity contribution in [3.63, 3.8) is 0 Å². The number of piperidine rings is 1. The highest BCUT2D eigenvalue weighted by molar-refractivity contribution is 5.81. The summed E-state index contributed by atoms with van der Waals surface area (Å²) in [6, 6.07) is -0.116. The van der Waals surface area contributed by atoms with Crippen LogP contribution in [-0.4, -0.2) is 48.5 Å². The van der Waals surface area contributed by atoms with E-state index >= 15 is 0 Å². The first-order valence-electron chi connectivity index (χ1n) is 6.86.